The van der Waals surface area contributed by atoms with E-state index in [2.05, 4.69) is 196 Å². The van der Waals surface area contributed by atoms with Gasteiger partial charge in [0, 0.05) is 130 Å². The molecule has 1 atom stereocenters. The summed E-state index contributed by atoms with van der Waals surface area (Å²) in [5, 5.41) is 33.7. The lowest BCUT2D eigenvalue weighted by Gasteiger charge is -2.38. The Morgan fingerprint density at radius 3 is 1.75 bits per heavy atom. The molecular weight excluding hydrogens is 1190 g/mol. The van der Waals surface area contributed by atoms with Crippen LogP contribution in [0.2, 0.25) is 0 Å². The Kier molecular flexibility index (Phi) is 15.1. The summed E-state index contributed by atoms with van der Waals surface area (Å²) in [7, 11) is 2.02. The first-order valence-corrected chi connectivity index (χ1v) is 33.8. The highest BCUT2D eigenvalue weighted by atomic mass is 15.3. The van der Waals surface area contributed by atoms with E-state index < -0.39 is 0 Å². The first-order chi connectivity index (χ1) is 47.3. The molecule has 0 bridgehead atoms. The molecule has 4 fully saturated rings. The van der Waals surface area contributed by atoms with Crippen molar-refractivity contribution in [2.24, 2.45) is 11.3 Å². The highest BCUT2D eigenvalue weighted by Gasteiger charge is 2.43. The van der Waals surface area contributed by atoms with Gasteiger partial charge in [0.15, 0.2) is 17.5 Å². The van der Waals surface area contributed by atoms with E-state index in [9.17, 15) is 0 Å². The maximum atomic E-state index is 9.11. The SMILES string of the molecule is CNCC1CCN(c2ccc3c(n2)Cn2cc(-c4ccc(C#N)cc4)cc2-c2nccn2-3)C1.N#Cc1ccc(-c2cc3n(c2)Cc2cc(N4CCCNCC4)ccc2-n2ccnc2-3)cc1.c1ccc(-c2cc3n(c2)Cc2cc(N4CCC5(CCC5)C4)ccc2-n2cnnc2-3)cc1. The van der Waals surface area contributed by atoms with E-state index in [4.69, 9.17) is 20.5 Å². The van der Waals surface area contributed by atoms with Gasteiger partial charge in [0.25, 0.3) is 0 Å². The van der Waals surface area contributed by atoms with Crippen molar-refractivity contribution >= 4 is 17.2 Å². The van der Waals surface area contributed by atoms with Gasteiger partial charge in [0.1, 0.15) is 12.1 Å². The summed E-state index contributed by atoms with van der Waals surface area (Å²) < 4.78 is 13.3. The van der Waals surface area contributed by atoms with Crippen LogP contribution in [-0.4, -0.2) is 119 Å². The van der Waals surface area contributed by atoms with E-state index in [0.717, 1.165) is 133 Å². The fourth-order valence-electron chi connectivity index (χ4n) is 15.6. The molecule has 12 aromatic rings. The zero-order chi connectivity index (χ0) is 64.3. The van der Waals surface area contributed by atoms with Gasteiger partial charge in [-0.25, -0.2) is 15.0 Å². The molecule has 2 N–H and O–H groups in total. The lowest BCUT2D eigenvalue weighted by molar-refractivity contribution is 0.165. The van der Waals surface area contributed by atoms with Crippen LogP contribution in [0.5, 0.6) is 0 Å². The summed E-state index contributed by atoms with van der Waals surface area (Å²) in [6, 6.07) is 55.2. The van der Waals surface area contributed by atoms with Crippen molar-refractivity contribution < 1.29 is 0 Å². The molecule has 0 radical (unpaired) electrons. The van der Waals surface area contributed by atoms with Crippen molar-refractivity contribution in [2.45, 2.75) is 58.2 Å². The number of fused-ring (bicyclic) bond motifs is 15. The number of nitrogens with one attached hydrogen (secondary N) is 2. The van der Waals surface area contributed by atoms with E-state index in [1.165, 1.54) is 96.6 Å². The van der Waals surface area contributed by atoms with Gasteiger partial charge in [-0.2, -0.15) is 10.5 Å². The molecule has 1 saturated carbocycles. The predicted molar refractivity (Wildman–Crippen MR) is 377 cm³/mol. The van der Waals surface area contributed by atoms with Crippen LogP contribution in [0.25, 0.3) is 85.0 Å². The molecule has 18 nitrogen and oxygen atoms in total. The zero-order valence-corrected chi connectivity index (χ0v) is 53.9. The zero-order valence-electron chi connectivity index (χ0n) is 53.9. The van der Waals surface area contributed by atoms with Gasteiger partial charge >= 0.3 is 0 Å². The number of hydrogen-bond acceptors (Lipinski definition) is 12. The maximum Gasteiger partial charge on any atom is 0.185 e. The summed E-state index contributed by atoms with van der Waals surface area (Å²) in [6.45, 7) is 12.1. The van der Waals surface area contributed by atoms with Crippen molar-refractivity contribution in [3.05, 3.63) is 223 Å². The highest BCUT2D eigenvalue weighted by Crippen LogP contribution is 2.49. The number of aromatic nitrogens is 11. The van der Waals surface area contributed by atoms with Gasteiger partial charge in [0.2, 0.25) is 0 Å². The fraction of sp³-hybridized carbons (Fsp3) is 0.269. The van der Waals surface area contributed by atoms with Gasteiger partial charge in [-0.1, -0.05) is 61.0 Å². The van der Waals surface area contributed by atoms with Crippen molar-refractivity contribution in [1.82, 2.24) is 63.2 Å². The van der Waals surface area contributed by atoms with Crippen molar-refractivity contribution in [2.75, 3.05) is 80.7 Å². The minimum Gasteiger partial charge on any atom is -0.371 e. The summed E-state index contributed by atoms with van der Waals surface area (Å²) in [6.07, 6.45) is 24.2. The van der Waals surface area contributed by atoms with Crippen LogP contribution in [-0.2, 0) is 19.6 Å². The van der Waals surface area contributed by atoms with Gasteiger partial charge in [-0.15, -0.1) is 10.2 Å². The molecule has 7 aliphatic rings. The normalized spacial score (nSPS) is 16.7. The molecule has 19 rings (SSSR count). The quantitative estimate of drug-likeness (QED) is 0.147. The van der Waals surface area contributed by atoms with E-state index >= 15 is 0 Å². The van der Waals surface area contributed by atoms with Gasteiger partial charge in [-0.3, -0.25) is 13.7 Å². The first-order valence-electron chi connectivity index (χ1n) is 33.8. The third kappa shape index (κ3) is 10.9. The Hall–Kier alpha value is -11.1. The smallest absolute Gasteiger partial charge is 0.185 e. The Balaban J connectivity index is 0.000000109. The number of nitriles is 2. The standard InChI is InChI=1S/C26H25N7.C26H24N6.C26H25N5/c1-28-14-19-8-10-31(15-19)25-7-6-23-22(30-25)17-32-16-21(20-4-2-18(13-27)3-5-20)12-24(32)26-29-9-11-33(23)26;27-16-19-2-4-20(5-3-19)21-15-25-26-29-10-13-32(26)24-7-6-23(14-22(24)18-31(25)17-21)30-11-1-8-28-9-12-30;1-2-5-19(6-3-1)20-14-24-25-28-27-18-31(25)23-8-7-22(13-21(23)16-30(24)15-20)29-12-11-26(17-29)9-4-10-26/h2-7,9,11-12,16,19,28H,8,10,14-15,17H2,1H3;2-7,10,13-15,17,28H,1,8-9,11-12,18H2;1-3,5-8,13-15,18H,4,9-12,16-17H2. The number of benzene rings is 5. The Bertz CT molecular complexity index is 4930. The van der Waals surface area contributed by atoms with Gasteiger partial charge < -0.3 is 39.0 Å². The largest absolute Gasteiger partial charge is 0.371 e. The van der Waals surface area contributed by atoms with E-state index in [0.29, 0.717) is 29.0 Å². The second-order valence-corrected chi connectivity index (χ2v) is 26.8. The molecular formula is C78H74N18. The average molecular weight is 1260 g/mol. The predicted octanol–water partition coefficient (Wildman–Crippen LogP) is 12.9. The molecule has 3 saturated heterocycles. The lowest BCUT2D eigenvalue weighted by atomic mass is 9.68. The Labute approximate surface area is 558 Å². The van der Waals surface area contributed by atoms with Crippen LogP contribution in [0.4, 0.5) is 17.2 Å². The Morgan fingerprint density at radius 2 is 1.14 bits per heavy atom. The fourth-order valence-corrected chi connectivity index (χ4v) is 15.6. The third-order valence-electron chi connectivity index (χ3n) is 20.9. The van der Waals surface area contributed by atoms with E-state index in [1.54, 1.807) is 0 Å². The van der Waals surface area contributed by atoms with Gasteiger partial charge in [-0.05, 0) is 182 Å². The molecule has 13 heterocycles. The second-order valence-electron chi connectivity index (χ2n) is 26.8. The van der Waals surface area contributed by atoms with E-state index in [-0.39, 0.29) is 0 Å². The minimum absolute atomic E-state index is 0.604. The van der Waals surface area contributed by atoms with E-state index in [1.807, 2.05) is 86.7 Å². The van der Waals surface area contributed by atoms with Crippen LogP contribution >= 0.6 is 0 Å². The molecule has 1 unspecified atom stereocenters. The number of rotatable bonds is 8. The van der Waals surface area contributed by atoms with Crippen LogP contribution in [0.1, 0.15) is 66.5 Å². The lowest BCUT2D eigenvalue weighted by Crippen LogP contribution is -2.33. The third-order valence-corrected chi connectivity index (χ3v) is 20.9. The monoisotopic (exact) mass is 1260 g/mol. The molecule has 7 aromatic heterocycles. The topological polar surface area (TPSA) is 175 Å². The second kappa shape index (κ2) is 24.7. The molecule has 0 amide bonds. The van der Waals surface area contributed by atoms with Crippen LogP contribution in [0.15, 0.2) is 195 Å². The van der Waals surface area contributed by atoms with Crippen molar-refractivity contribution in [3.63, 3.8) is 0 Å². The molecule has 1 spiro atoms. The van der Waals surface area contributed by atoms with Crippen LogP contribution in [0.3, 0.4) is 0 Å². The number of nitrogens with zero attached hydrogens (tertiary/aromatic N) is 16. The van der Waals surface area contributed by atoms with Crippen LogP contribution in [0, 0.1) is 34.0 Å². The minimum atomic E-state index is 0.604. The summed E-state index contributed by atoms with van der Waals surface area (Å²) in [5.74, 6) is 4.50. The van der Waals surface area contributed by atoms with Crippen molar-refractivity contribution in [1.29, 1.82) is 10.5 Å². The number of imidazole rings is 2. The average Bonchev–Trinajstić information content (AvgIpc) is 1.63. The Morgan fingerprint density at radius 1 is 0.542 bits per heavy atom. The first kappa shape index (κ1) is 58.7. The molecule has 5 aromatic carbocycles. The van der Waals surface area contributed by atoms with Crippen LogP contribution < -0.4 is 25.3 Å². The number of hydrogen-bond donors (Lipinski definition) is 2. The van der Waals surface area contributed by atoms with Gasteiger partial charge in [0.05, 0.1) is 69.6 Å². The summed E-state index contributed by atoms with van der Waals surface area (Å²) in [4.78, 5) is 22.0. The summed E-state index contributed by atoms with van der Waals surface area (Å²) in [5.41, 5.74) is 21.9. The number of pyridine rings is 1. The maximum absolute atomic E-state index is 9.11. The molecule has 6 aliphatic heterocycles. The molecule has 96 heavy (non-hydrogen) atoms. The summed E-state index contributed by atoms with van der Waals surface area (Å²) >= 11 is 0. The highest BCUT2D eigenvalue weighted by molar-refractivity contribution is 5.76. The van der Waals surface area contributed by atoms with Crippen molar-refractivity contribution in [3.8, 4) is 97.1 Å². The molecule has 1 aliphatic carbocycles. The number of anilines is 3. The molecule has 18 heteroatoms. The molecule has 476 valence electrons.